The molecular weight excluding hydrogens is 341 g/mol. The number of nitrogens with one attached hydrogen (secondary N) is 3. The summed E-state index contributed by atoms with van der Waals surface area (Å²) in [4.78, 5) is 12.4. The number of para-hydroxylation sites is 1. The molecule has 2 heterocycles. The Morgan fingerprint density at radius 3 is 2.88 bits per heavy atom. The maximum atomic E-state index is 13.7. The number of H-pyrrole nitrogens is 1. The third kappa shape index (κ3) is 3.14. The van der Waals surface area contributed by atoms with E-state index in [0.717, 1.165) is 5.56 Å². The topological polar surface area (TPSA) is 101 Å². The fraction of sp³-hybridized carbons (Fsp3) is 0.118. The molecule has 1 aliphatic rings. The van der Waals surface area contributed by atoms with Crippen LogP contribution >= 0.6 is 0 Å². The number of ether oxygens (including phenoxy) is 2. The van der Waals surface area contributed by atoms with E-state index in [4.69, 9.17) is 9.47 Å². The van der Waals surface area contributed by atoms with Crippen LogP contribution in [0.3, 0.4) is 0 Å². The second-order valence-electron chi connectivity index (χ2n) is 5.50. The van der Waals surface area contributed by atoms with Crippen LogP contribution in [0, 0.1) is 5.82 Å². The summed E-state index contributed by atoms with van der Waals surface area (Å²) < 4.78 is 24.3. The van der Waals surface area contributed by atoms with Gasteiger partial charge in [-0.05, 0) is 29.8 Å². The molecule has 0 aliphatic carbocycles. The number of benzene rings is 2. The van der Waals surface area contributed by atoms with Crippen molar-refractivity contribution in [3.05, 3.63) is 59.5 Å². The first-order chi connectivity index (χ1) is 12.7. The minimum atomic E-state index is -0.456. The van der Waals surface area contributed by atoms with Gasteiger partial charge in [-0.1, -0.05) is 18.2 Å². The van der Waals surface area contributed by atoms with Crippen molar-refractivity contribution in [3.8, 4) is 11.5 Å². The normalized spacial score (nSPS) is 12.0. The van der Waals surface area contributed by atoms with Crippen LogP contribution in [0.15, 0.2) is 42.5 Å². The number of aromatic amines is 1. The lowest BCUT2D eigenvalue weighted by Gasteiger charge is -2.07. The molecule has 0 atom stereocenters. The minimum Gasteiger partial charge on any atom is -0.454 e. The number of amides is 1. The number of aromatic nitrogens is 3. The number of hydrogen-bond acceptors (Lipinski definition) is 6. The number of fused-ring (bicyclic) bond motifs is 1. The Morgan fingerprint density at radius 1 is 1.15 bits per heavy atom. The van der Waals surface area contributed by atoms with Crippen LogP contribution in [0.5, 0.6) is 11.5 Å². The number of rotatable bonds is 5. The molecule has 0 spiro atoms. The first-order valence-electron chi connectivity index (χ1n) is 7.80. The van der Waals surface area contributed by atoms with Crippen LogP contribution in [-0.2, 0) is 6.54 Å². The van der Waals surface area contributed by atoms with Crippen molar-refractivity contribution < 1.29 is 18.7 Å². The highest BCUT2D eigenvalue weighted by Crippen LogP contribution is 2.32. The molecule has 1 amide bonds. The summed E-state index contributed by atoms with van der Waals surface area (Å²) in [6, 6.07) is 11.5. The molecule has 3 N–H and O–H groups in total. The molecule has 4 rings (SSSR count). The average Bonchev–Trinajstić information content (AvgIpc) is 3.30. The van der Waals surface area contributed by atoms with Crippen LogP contribution in [0.2, 0.25) is 0 Å². The van der Waals surface area contributed by atoms with E-state index in [9.17, 15) is 9.18 Å². The molecule has 3 aromatic rings. The van der Waals surface area contributed by atoms with Crippen LogP contribution in [0.1, 0.15) is 16.1 Å². The molecule has 0 fully saturated rings. The van der Waals surface area contributed by atoms with Crippen LogP contribution in [-0.4, -0.2) is 28.1 Å². The van der Waals surface area contributed by atoms with Gasteiger partial charge >= 0.3 is 0 Å². The van der Waals surface area contributed by atoms with Gasteiger partial charge in [-0.3, -0.25) is 4.79 Å². The Hall–Kier alpha value is -3.62. The predicted octanol–water partition coefficient (Wildman–Crippen LogP) is 2.35. The molecule has 2 aromatic carbocycles. The lowest BCUT2D eigenvalue weighted by molar-refractivity contribution is 0.0946. The van der Waals surface area contributed by atoms with Gasteiger partial charge in [0.2, 0.25) is 6.79 Å². The van der Waals surface area contributed by atoms with Gasteiger partial charge in [0.1, 0.15) is 5.82 Å². The molecule has 8 nitrogen and oxygen atoms in total. The highest BCUT2D eigenvalue weighted by atomic mass is 19.1. The lowest BCUT2D eigenvalue weighted by atomic mass is 10.2. The monoisotopic (exact) mass is 355 g/mol. The zero-order chi connectivity index (χ0) is 17.9. The van der Waals surface area contributed by atoms with Gasteiger partial charge in [-0.2, -0.15) is 5.21 Å². The molecule has 1 aliphatic heterocycles. The number of carbonyl (C=O) groups is 1. The van der Waals surface area contributed by atoms with Crippen molar-refractivity contribution >= 4 is 17.4 Å². The summed E-state index contributed by atoms with van der Waals surface area (Å²) in [5.41, 5.74) is 1.08. The molecule has 9 heteroatoms. The first kappa shape index (κ1) is 15.9. The predicted molar refractivity (Wildman–Crippen MR) is 89.8 cm³/mol. The molecule has 132 valence electrons. The Bertz CT molecular complexity index is 959. The van der Waals surface area contributed by atoms with E-state index >= 15 is 0 Å². The SMILES string of the molecule is O=C(NCc1ccc2c(c1)OCO2)c1n[nH]nc1Nc1ccccc1F. The van der Waals surface area contributed by atoms with Crippen LogP contribution in [0.4, 0.5) is 15.9 Å². The van der Waals surface area contributed by atoms with Crippen molar-refractivity contribution in [1.29, 1.82) is 0 Å². The maximum Gasteiger partial charge on any atom is 0.275 e. The highest BCUT2D eigenvalue weighted by molar-refractivity contribution is 5.97. The van der Waals surface area contributed by atoms with Gasteiger partial charge in [0, 0.05) is 6.54 Å². The summed E-state index contributed by atoms with van der Waals surface area (Å²) in [6.45, 7) is 0.455. The number of hydrogen-bond donors (Lipinski definition) is 3. The Labute approximate surface area is 147 Å². The number of nitrogens with zero attached hydrogens (tertiary/aromatic N) is 2. The van der Waals surface area contributed by atoms with E-state index < -0.39 is 11.7 Å². The minimum absolute atomic E-state index is 0.0361. The van der Waals surface area contributed by atoms with E-state index in [1.54, 1.807) is 24.3 Å². The second-order valence-corrected chi connectivity index (χ2v) is 5.50. The smallest absolute Gasteiger partial charge is 0.275 e. The van der Waals surface area contributed by atoms with Gasteiger partial charge in [0.15, 0.2) is 23.0 Å². The molecule has 0 saturated carbocycles. The maximum absolute atomic E-state index is 13.7. The van der Waals surface area contributed by atoms with Gasteiger partial charge in [-0.25, -0.2) is 4.39 Å². The summed E-state index contributed by atoms with van der Waals surface area (Å²) in [7, 11) is 0. The fourth-order valence-electron chi connectivity index (χ4n) is 2.48. The Morgan fingerprint density at radius 2 is 2.00 bits per heavy atom. The van der Waals surface area contributed by atoms with E-state index in [2.05, 4.69) is 26.0 Å². The van der Waals surface area contributed by atoms with E-state index in [0.29, 0.717) is 11.5 Å². The zero-order valence-corrected chi connectivity index (χ0v) is 13.5. The van der Waals surface area contributed by atoms with E-state index in [1.165, 1.54) is 12.1 Å². The largest absolute Gasteiger partial charge is 0.454 e. The molecule has 0 bridgehead atoms. The van der Waals surface area contributed by atoms with Crippen LogP contribution < -0.4 is 20.1 Å². The molecule has 0 saturated heterocycles. The molecular formula is C17H14FN5O3. The van der Waals surface area contributed by atoms with E-state index in [1.807, 2.05) is 6.07 Å². The van der Waals surface area contributed by atoms with Crippen molar-refractivity contribution in [3.63, 3.8) is 0 Å². The third-order valence-corrected chi connectivity index (χ3v) is 3.78. The van der Waals surface area contributed by atoms with Crippen molar-refractivity contribution in [2.45, 2.75) is 6.54 Å². The summed E-state index contributed by atoms with van der Waals surface area (Å²) in [5, 5.41) is 15.6. The lowest BCUT2D eigenvalue weighted by Crippen LogP contribution is -2.24. The van der Waals surface area contributed by atoms with Crippen molar-refractivity contribution in [2.24, 2.45) is 0 Å². The van der Waals surface area contributed by atoms with Gasteiger partial charge < -0.3 is 20.1 Å². The number of halogens is 1. The van der Waals surface area contributed by atoms with Crippen molar-refractivity contribution in [1.82, 2.24) is 20.7 Å². The van der Waals surface area contributed by atoms with E-state index in [-0.39, 0.29) is 30.5 Å². The Balaban J connectivity index is 1.44. The standard InChI is InChI=1S/C17H14FN5O3/c18-11-3-1-2-4-12(11)20-16-15(21-23-22-16)17(24)19-8-10-5-6-13-14(7-10)26-9-25-13/h1-7H,8-9H2,(H,19,24)(H2,20,21,22,23). The average molecular weight is 355 g/mol. The summed E-state index contributed by atoms with van der Waals surface area (Å²) in [6.07, 6.45) is 0. The highest BCUT2D eigenvalue weighted by Gasteiger charge is 2.18. The molecule has 26 heavy (non-hydrogen) atoms. The summed E-state index contributed by atoms with van der Waals surface area (Å²) >= 11 is 0. The van der Waals surface area contributed by atoms with Gasteiger partial charge in [-0.15, -0.1) is 10.2 Å². The molecule has 0 unspecified atom stereocenters. The third-order valence-electron chi connectivity index (χ3n) is 3.78. The fourth-order valence-corrected chi connectivity index (χ4v) is 2.48. The van der Waals surface area contributed by atoms with Crippen molar-refractivity contribution in [2.75, 3.05) is 12.1 Å². The summed E-state index contributed by atoms with van der Waals surface area (Å²) in [5.74, 6) is 0.545. The van der Waals surface area contributed by atoms with Gasteiger partial charge in [0.05, 0.1) is 5.69 Å². The zero-order valence-electron chi connectivity index (χ0n) is 13.5. The number of carbonyl (C=O) groups excluding carboxylic acids is 1. The quantitative estimate of drug-likeness (QED) is 0.649. The van der Waals surface area contributed by atoms with Gasteiger partial charge in [0.25, 0.3) is 5.91 Å². The first-order valence-corrected chi connectivity index (χ1v) is 7.80. The number of anilines is 2. The van der Waals surface area contributed by atoms with Crippen LogP contribution in [0.25, 0.3) is 0 Å². The Kier molecular flexibility index (Phi) is 4.10. The molecule has 0 radical (unpaired) electrons. The second kappa shape index (κ2) is 6.71. The molecule has 1 aromatic heterocycles.